The van der Waals surface area contributed by atoms with Gasteiger partial charge in [0.05, 0.1) is 36.5 Å². The van der Waals surface area contributed by atoms with Crippen LogP contribution in [0.5, 0.6) is 5.75 Å². The number of nitrogens with two attached hydrogens (primary N) is 3. The van der Waals surface area contributed by atoms with Crippen molar-refractivity contribution in [2.75, 3.05) is 37.9 Å². The van der Waals surface area contributed by atoms with E-state index >= 15 is 0 Å². The van der Waals surface area contributed by atoms with Crippen molar-refractivity contribution in [3.63, 3.8) is 0 Å². The lowest BCUT2D eigenvalue weighted by Crippen LogP contribution is -2.53. The number of ether oxygens (including phenoxy) is 2. The molecular formula is C30H46N6O6S3. The van der Waals surface area contributed by atoms with Gasteiger partial charge in [-0.05, 0) is 78.8 Å². The molecule has 0 fully saturated rings. The van der Waals surface area contributed by atoms with Gasteiger partial charge in [0.25, 0.3) is 5.91 Å². The van der Waals surface area contributed by atoms with Crippen LogP contribution in [0.3, 0.4) is 0 Å². The summed E-state index contributed by atoms with van der Waals surface area (Å²) in [6.45, 7) is 3.92. The number of benzene rings is 1. The number of allylic oxidation sites excluding steroid dienone is 2. The quantitative estimate of drug-likeness (QED) is 0.0485. The van der Waals surface area contributed by atoms with E-state index in [1.165, 1.54) is 11.8 Å². The highest BCUT2D eigenvalue weighted by Crippen LogP contribution is 2.27. The zero-order chi connectivity index (χ0) is 33.2. The summed E-state index contributed by atoms with van der Waals surface area (Å²) in [6.07, 6.45) is 5.85. The zero-order valence-corrected chi connectivity index (χ0v) is 28.3. The van der Waals surface area contributed by atoms with Crippen molar-refractivity contribution in [2.45, 2.75) is 56.3 Å². The summed E-state index contributed by atoms with van der Waals surface area (Å²) in [7, 11) is 0. The second-order valence-corrected chi connectivity index (χ2v) is 14.5. The Balaban J connectivity index is 1.65. The van der Waals surface area contributed by atoms with Crippen molar-refractivity contribution < 1.29 is 29.3 Å². The molecule has 0 aromatic heterocycles. The number of nitrogens with zero attached hydrogens (tertiary/aromatic N) is 1. The second kappa shape index (κ2) is 20.6. The summed E-state index contributed by atoms with van der Waals surface area (Å²) in [5.41, 5.74) is 20.1. The van der Waals surface area contributed by atoms with E-state index < -0.39 is 4.99 Å². The molecule has 0 saturated heterocycles. The number of aliphatic hydroxyl groups is 2. The maximum atomic E-state index is 12.6. The van der Waals surface area contributed by atoms with Crippen LogP contribution in [0, 0.1) is 11.3 Å². The van der Waals surface area contributed by atoms with E-state index in [2.05, 4.69) is 10.3 Å². The van der Waals surface area contributed by atoms with Crippen molar-refractivity contribution in [1.29, 1.82) is 5.41 Å². The van der Waals surface area contributed by atoms with Gasteiger partial charge in [-0.2, -0.15) is 16.8 Å². The first kappa shape index (κ1) is 38.7. The number of rotatable bonds is 19. The molecule has 2 rings (SSSR count). The molecule has 0 bridgehead atoms. The first-order chi connectivity index (χ1) is 21.4. The molecule has 1 aliphatic carbocycles. The summed E-state index contributed by atoms with van der Waals surface area (Å²) in [5.74, 6) is 2.18. The minimum Gasteiger partial charge on any atom is -0.492 e. The van der Waals surface area contributed by atoms with Crippen LogP contribution in [0.15, 0.2) is 52.7 Å². The molecule has 0 radical (unpaired) electrons. The average molecular weight is 683 g/mol. The third-order valence-electron chi connectivity index (χ3n) is 6.24. The molecule has 250 valence electrons. The monoisotopic (exact) mass is 682 g/mol. The standard InChI is InChI=1S/C30H46N6O6S3/c1-20-6-7-24(42-13-11-38)18-22(20)19-27(39)35-29(33)44-25(31)8-14-43-15-9-26(32)45-30(2,34)36-28(40)17-21-4-3-5-23(16-21)41-12-10-37/h3-5,7,16,18,20,26,31,37-38H,6,8-15,17,19,32,34H2,1-2H3,(H,36,40)(H2,33,35,39). The molecule has 45 heavy (non-hydrogen) atoms. The summed E-state index contributed by atoms with van der Waals surface area (Å²) >= 11 is 3.89. The second-order valence-electron chi connectivity index (χ2n) is 10.4. The Bertz CT molecular complexity index is 1230. The Morgan fingerprint density at radius 3 is 2.67 bits per heavy atom. The van der Waals surface area contributed by atoms with Gasteiger partial charge in [0.15, 0.2) is 5.17 Å². The molecule has 0 spiro atoms. The van der Waals surface area contributed by atoms with Crippen molar-refractivity contribution >= 4 is 57.3 Å². The van der Waals surface area contributed by atoms with E-state index in [0.29, 0.717) is 35.1 Å². The van der Waals surface area contributed by atoms with Crippen LogP contribution in [0.25, 0.3) is 0 Å². The van der Waals surface area contributed by atoms with Crippen LogP contribution in [-0.4, -0.2) is 80.5 Å². The summed E-state index contributed by atoms with van der Waals surface area (Å²) in [4.78, 5) is 27.9. The van der Waals surface area contributed by atoms with Crippen LogP contribution in [0.1, 0.15) is 45.1 Å². The lowest BCUT2D eigenvalue weighted by atomic mass is 9.90. The van der Waals surface area contributed by atoms with Crippen molar-refractivity contribution in [3.05, 3.63) is 53.3 Å². The van der Waals surface area contributed by atoms with E-state index in [1.54, 1.807) is 36.9 Å². The number of aliphatic imine (C=N–C) groups is 1. The SMILES string of the molecule is CC1CC=C(OCCO)C=C1CC(=O)N=C(N)SC(=N)CCSCCC(N)SC(C)(N)NC(=O)Cc1cccc(OCCO)c1. The smallest absolute Gasteiger partial charge is 0.252 e. The first-order valence-electron chi connectivity index (χ1n) is 14.6. The number of carbonyl (C=O) groups excluding carboxylic acids is 2. The highest BCUT2D eigenvalue weighted by molar-refractivity contribution is 8.26. The van der Waals surface area contributed by atoms with Crippen LogP contribution in [0.2, 0.25) is 0 Å². The lowest BCUT2D eigenvalue weighted by Gasteiger charge is -2.28. The minimum atomic E-state index is -1.06. The Labute approximate surface area is 277 Å². The number of amidine groups is 1. The molecule has 2 amide bonds. The summed E-state index contributed by atoms with van der Waals surface area (Å²) in [5, 5.41) is 28.9. The normalized spacial score (nSPS) is 17.0. The van der Waals surface area contributed by atoms with E-state index in [0.717, 1.165) is 35.1 Å². The van der Waals surface area contributed by atoms with Gasteiger partial charge in [-0.1, -0.05) is 36.4 Å². The maximum absolute atomic E-state index is 12.6. The number of nitrogens with one attached hydrogen (secondary N) is 2. The number of hydrogen-bond donors (Lipinski definition) is 7. The van der Waals surface area contributed by atoms with Crippen LogP contribution >= 0.6 is 35.3 Å². The predicted octanol–water partition coefficient (Wildman–Crippen LogP) is 2.68. The summed E-state index contributed by atoms with van der Waals surface area (Å²) < 4.78 is 10.8. The number of carbonyl (C=O) groups is 2. The first-order valence-corrected chi connectivity index (χ1v) is 17.5. The van der Waals surface area contributed by atoms with Gasteiger partial charge in [-0.15, -0.1) is 0 Å². The molecule has 3 unspecified atom stereocenters. The highest BCUT2D eigenvalue weighted by atomic mass is 32.2. The molecular weight excluding hydrogens is 637 g/mol. The van der Waals surface area contributed by atoms with Crippen LogP contribution in [-0.2, 0) is 20.7 Å². The number of thioether (sulfide) groups is 3. The largest absolute Gasteiger partial charge is 0.492 e. The minimum absolute atomic E-state index is 0.0387. The van der Waals surface area contributed by atoms with Crippen LogP contribution < -0.4 is 27.3 Å². The fraction of sp³-hybridized carbons (Fsp3) is 0.533. The van der Waals surface area contributed by atoms with Gasteiger partial charge in [0.1, 0.15) is 29.7 Å². The number of aliphatic hydroxyl groups excluding tert-OH is 2. The van der Waals surface area contributed by atoms with Crippen molar-refractivity contribution in [3.8, 4) is 5.75 Å². The number of amides is 2. The molecule has 3 atom stereocenters. The zero-order valence-electron chi connectivity index (χ0n) is 25.8. The predicted molar refractivity (Wildman–Crippen MR) is 185 cm³/mol. The van der Waals surface area contributed by atoms with Gasteiger partial charge in [0.2, 0.25) is 5.91 Å². The van der Waals surface area contributed by atoms with Gasteiger partial charge < -0.3 is 42.2 Å². The molecule has 12 nitrogen and oxygen atoms in total. The van der Waals surface area contributed by atoms with E-state index in [-0.39, 0.29) is 67.5 Å². The Morgan fingerprint density at radius 1 is 1.20 bits per heavy atom. The van der Waals surface area contributed by atoms with E-state index in [9.17, 15) is 9.59 Å². The van der Waals surface area contributed by atoms with Gasteiger partial charge in [-0.3, -0.25) is 15.0 Å². The molecule has 1 aliphatic rings. The topological polar surface area (TPSA) is 219 Å². The van der Waals surface area contributed by atoms with Crippen molar-refractivity contribution in [1.82, 2.24) is 5.32 Å². The van der Waals surface area contributed by atoms with Gasteiger partial charge in [-0.25, -0.2) is 0 Å². The molecule has 1 aromatic rings. The molecule has 0 saturated carbocycles. The fourth-order valence-corrected chi connectivity index (χ4v) is 7.03. The fourth-order valence-electron chi connectivity index (χ4n) is 4.14. The lowest BCUT2D eigenvalue weighted by molar-refractivity contribution is -0.121. The molecule has 0 aliphatic heterocycles. The molecule has 1 aromatic carbocycles. The maximum Gasteiger partial charge on any atom is 0.252 e. The van der Waals surface area contributed by atoms with Gasteiger partial charge >= 0.3 is 0 Å². The number of hydrogen-bond acceptors (Lipinski definition) is 12. The third kappa shape index (κ3) is 16.6. The van der Waals surface area contributed by atoms with E-state index in [1.807, 2.05) is 25.1 Å². The molecule has 10 N–H and O–H groups in total. The van der Waals surface area contributed by atoms with Crippen LogP contribution in [0.4, 0.5) is 0 Å². The summed E-state index contributed by atoms with van der Waals surface area (Å²) in [6, 6.07) is 7.11. The van der Waals surface area contributed by atoms with E-state index in [4.69, 9.17) is 42.3 Å². The van der Waals surface area contributed by atoms with Crippen molar-refractivity contribution in [2.24, 2.45) is 28.1 Å². The highest BCUT2D eigenvalue weighted by Gasteiger charge is 2.25. The Hall–Kier alpha value is -2.53. The average Bonchev–Trinajstić information content (AvgIpc) is 2.95. The third-order valence-corrected chi connectivity index (χ3v) is 9.14. The van der Waals surface area contributed by atoms with Gasteiger partial charge in [0, 0.05) is 6.42 Å². The Morgan fingerprint density at radius 2 is 1.93 bits per heavy atom. The molecule has 15 heteroatoms. The molecule has 0 heterocycles. The Kier molecular flexibility index (Phi) is 17.7.